The van der Waals surface area contributed by atoms with Gasteiger partial charge in [0.15, 0.2) is 0 Å². The number of rotatable bonds is 7. The highest BCUT2D eigenvalue weighted by Crippen LogP contribution is 2.40. The zero-order valence-corrected chi connectivity index (χ0v) is 26.7. The van der Waals surface area contributed by atoms with Gasteiger partial charge < -0.3 is 9.80 Å². The molecule has 0 amide bonds. The van der Waals surface area contributed by atoms with Crippen molar-refractivity contribution in [2.75, 3.05) is 9.80 Å². The maximum atomic E-state index is 2.36. The fourth-order valence-electron chi connectivity index (χ4n) is 6.22. The maximum Gasteiger partial charge on any atom is 0.0540 e. The Kier molecular flexibility index (Phi) is 8.92. The van der Waals surface area contributed by atoms with Crippen molar-refractivity contribution in [3.05, 3.63) is 200 Å². The smallest absolute Gasteiger partial charge is 0.0540 e. The van der Waals surface area contributed by atoms with Gasteiger partial charge in [-0.2, -0.15) is 0 Å². The molecule has 0 aromatic heterocycles. The van der Waals surface area contributed by atoms with Crippen LogP contribution in [0.5, 0.6) is 0 Å². The SMILES string of the molecule is CC1C=CC=CCC(N(c2ccccc2)c2ccc(-c3ccc(N(c4ccccc4)c4cccc5ccccc45)cc3)cc2)=CC=C1. The van der Waals surface area contributed by atoms with E-state index >= 15 is 0 Å². The molecule has 6 aromatic rings. The van der Waals surface area contributed by atoms with Gasteiger partial charge >= 0.3 is 0 Å². The number of para-hydroxylation sites is 2. The van der Waals surface area contributed by atoms with Crippen LogP contribution in [0.1, 0.15) is 13.3 Å². The van der Waals surface area contributed by atoms with Crippen LogP contribution >= 0.6 is 0 Å². The van der Waals surface area contributed by atoms with Crippen molar-refractivity contribution in [2.45, 2.75) is 13.3 Å². The van der Waals surface area contributed by atoms with Crippen molar-refractivity contribution in [3.8, 4) is 11.1 Å². The average Bonchev–Trinajstić information content (AvgIpc) is 3.13. The molecule has 1 unspecified atom stereocenters. The van der Waals surface area contributed by atoms with Crippen LogP contribution in [0.3, 0.4) is 0 Å². The minimum absolute atomic E-state index is 0.387. The summed E-state index contributed by atoms with van der Waals surface area (Å²) in [6.45, 7) is 2.21. The Morgan fingerprint density at radius 2 is 1.00 bits per heavy atom. The maximum absolute atomic E-state index is 2.36. The molecule has 0 radical (unpaired) electrons. The van der Waals surface area contributed by atoms with Gasteiger partial charge in [-0.05, 0) is 83.1 Å². The highest BCUT2D eigenvalue weighted by Gasteiger charge is 2.16. The van der Waals surface area contributed by atoms with Crippen molar-refractivity contribution in [3.63, 3.8) is 0 Å². The largest absolute Gasteiger partial charge is 0.314 e. The number of hydrogen-bond acceptors (Lipinski definition) is 2. The molecule has 1 aliphatic rings. The van der Waals surface area contributed by atoms with Crippen molar-refractivity contribution in [2.24, 2.45) is 5.92 Å². The Hall–Kier alpha value is -5.86. The number of fused-ring (bicyclic) bond motifs is 1. The van der Waals surface area contributed by atoms with Gasteiger partial charge in [-0.1, -0.05) is 140 Å². The highest BCUT2D eigenvalue weighted by molar-refractivity contribution is 5.99. The monoisotopic (exact) mass is 606 g/mol. The Morgan fingerprint density at radius 1 is 0.468 bits per heavy atom. The van der Waals surface area contributed by atoms with Crippen LogP contribution in [-0.4, -0.2) is 0 Å². The molecule has 0 spiro atoms. The minimum Gasteiger partial charge on any atom is -0.314 e. The number of hydrogen-bond donors (Lipinski definition) is 0. The van der Waals surface area contributed by atoms with E-state index in [1.165, 1.54) is 27.6 Å². The highest BCUT2D eigenvalue weighted by atomic mass is 15.2. The second kappa shape index (κ2) is 14.1. The van der Waals surface area contributed by atoms with Crippen molar-refractivity contribution >= 4 is 39.2 Å². The van der Waals surface area contributed by atoms with E-state index in [9.17, 15) is 0 Å². The average molecular weight is 607 g/mol. The number of anilines is 5. The summed E-state index contributed by atoms with van der Waals surface area (Å²) in [6, 6.07) is 54.2. The van der Waals surface area contributed by atoms with E-state index in [4.69, 9.17) is 0 Å². The van der Waals surface area contributed by atoms with E-state index in [1.807, 2.05) is 0 Å². The van der Waals surface area contributed by atoms with Gasteiger partial charge in [-0.3, -0.25) is 0 Å². The van der Waals surface area contributed by atoms with Gasteiger partial charge in [-0.25, -0.2) is 0 Å². The molecule has 2 heteroatoms. The molecule has 0 N–H and O–H groups in total. The molecular formula is C45H38N2. The van der Waals surface area contributed by atoms with E-state index in [0.29, 0.717) is 5.92 Å². The molecule has 228 valence electrons. The number of allylic oxidation sites excluding steroid dienone is 7. The molecule has 0 saturated heterocycles. The van der Waals surface area contributed by atoms with E-state index in [-0.39, 0.29) is 0 Å². The van der Waals surface area contributed by atoms with Crippen LogP contribution in [0, 0.1) is 5.92 Å². The third-order valence-corrected chi connectivity index (χ3v) is 8.60. The van der Waals surface area contributed by atoms with Crippen molar-refractivity contribution < 1.29 is 0 Å². The molecular weight excluding hydrogens is 569 g/mol. The first-order valence-corrected chi connectivity index (χ1v) is 16.3. The molecule has 6 aromatic carbocycles. The summed E-state index contributed by atoms with van der Waals surface area (Å²) < 4.78 is 0. The van der Waals surface area contributed by atoms with E-state index in [1.54, 1.807) is 0 Å². The van der Waals surface area contributed by atoms with Gasteiger partial charge in [0.05, 0.1) is 5.69 Å². The lowest BCUT2D eigenvalue weighted by Crippen LogP contribution is -2.16. The van der Waals surface area contributed by atoms with Crippen LogP contribution in [0.25, 0.3) is 21.9 Å². The number of benzene rings is 6. The molecule has 1 atom stereocenters. The summed E-state index contributed by atoms with van der Waals surface area (Å²) in [5.41, 5.74) is 9.29. The third-order valence-electron chi connectivity index (χ3n) is 8.60. The topological polar surface area (TPSA) is 6.48 Å². The lowest BCUT2D eigenvalue weighted by molar-refractivity contribution is 0.938. The second-order valence-electron chi connectivity index (χ2n) is 11.9. The van der Waals surface area contributed by atoms with Crippen LogP contribution in [0.2, 0.25) is 0 Å². The summed E-state index contributed by atoms with van der Waals surface area (Å²) in [5, 5.41) is 2.45. The van der Waals surface area contributed by atoms with Crippen LogP contribution in [0.15, 0.2) is 200 Å². The Labute approximate surface area is 278 Å². The lowest BCUT2D eigenvalue weighted by Gasteiger charge is -2.28. The molecule has 1 aliphatic carbocycles. The second-order valence-corrected chi connectivity index (χ2v) is 11.9. The Morgan fingerprint density at radius 3 is 1.68 bits per heavy atom. The molecule has 7 rings (SSSR count). The molecule has 0 bridgehead atoms. The fraction of sp³-hybridized carbons (Fsp3) is 0.0667. The normalized spacial score (nSPS) is 14.5. The standard InChI is InChI=1S/C45H38N2/c1-35-15-5-2-6-21-40(24-13-16-35)46(39-19-7-3-8-20-39)42-31-27-36(28-32-42)37-29-33-43(34-30-37)47(41-22-9-4-10-23-41)45-26-14-18-38-17-11-12-25-44(38)45/h2-20,22-35H,21H2,1H3. The molecule has 0 aliphatic heterocycles. The van der Waals surface area contributed by atoms with Crippen LogP contribution in [0.4, 0.5) is 28.4 Å². The lowest BCUT2D eigenvalue weighted by atomic mass is 10.0. The zero-order chi connectivity index (χ0) is 31.8. The number of nitrogens with zero attached hydrogens (tertiary/aromatic N) is 2. The first-order chi connectivity index (χ1) is 23.2. The summed E-state index contributed by atoms with van der Waals surface area (Å²) in [6.07, 6.45) is 16.2. The zero-order valence-electron chi connectivity index (χ0n) is 26.7. The van der Waals surface area contributed by atoms with E-state index < -0.39 is 0 Å². The minimum atomic E-state index is 0.387. The van der Waals surface area contributed by atoms with Gasteiger partial charge in [0, 0.05) is 40.3 Å². The van der Waals surface area contributed by atoms with Crippen LogP contribution in [-0.2, 0) is 0 Å². The van der Waals surface area contributed by atoms with Crippen molar-refractivity contribution in [1.82, 2.24) is 0 Å². The summed E-state index contributed by atoms with van der Waals surface area (Å²) in [4.78, 5) is 4.71. The Bertz CT molecular complexity index is 2050. The molecule has 0 fully saturated rings. The van der Waals surface area contributed by atoms with E-state index in [0.717, 1.165) is 34.9 Å². The first kappa shape index (κ1) is 29.8. The summed E-state index contributed by atoms with van der Waals surface area (Å²) in [7, 11) is 0. The quantitative estimate of drug-likeness (QED) is 0.178. The van der Waals surface area contributed by atoms with E-state index in [2.05, 4.69) is 211 Å². The first-order valence-electron chi connectivity index (χ1n) is 16.3. The molecule has 0 saturated carbocycles. The Balaban J connectivity index is 1.22. The molecule has 0 heterocycles. The van der Waals surface area contributed by atoms with Crippen LogP contribution < -0.4 is 9.80 Å². The summed E-state index contributed by atoms with van der Waals surface area (Å²) in [5.74, 6) is 0.387. The predicted molar refractivity (Wildman–Crippen MR) is 202 cm³/mol. The van der Waals surface area contributed by atoms with Gasteiger partial charge in [0.2, 0.25) is 0 Å². The molecule has 2 nitrogen and oxygen atoms in total. The van der Waals surface area contributed by atoms with Gasteiger partial charge in [0.1, 0.15) is 0 Å². The predicted octanol–water partition coefficient (Wildman–Crippen LogP) is 12.7. The van der Waals surface area contributed by atoms with Gasteiger partial charge in [-0.15, -0.1) is 0 Å². The summed E-state index contributed by atoms with van der Waals surface area (Å²) >= 11 is 0. The fourth-order valence-corrected chi connectivity index (χ4v) is 6.22. The third kappa shape index (κ3) is 6.73. The molecule has 47 heavy (non-hydrogen) atoms. The van der Waals surface area contributed by atoms with Gasteiger partial charge in [0.25, 0.3) is 0 Å². The van der Waals surface area contributed by atoms with Crippen molar-refractivity contribution in [1.29, 1.82) is 0 Å².